The first kappa shape index (κ1) is 14.3. The Labute approximate surface area is 118 Å². The third kappa shape index (κ3) is 3.24. The molecular weight excluding hydrogens is 254 g/mol. The van der Waals surface area contributed by atoms with Gasteiger partial charge < -0.3 is 10.4 Å². The summed E-state index contributed by atoms with van der Waals surface area (Å²) in [6.07, 6.45) is 1.39. The first-order chi connectivity index (χ1) is 9.59. The molecule has 0 saturated heterocycles. The number of carbonyl (C=O) groups is 1. The van der Waals surface area contributed by atoms with Gasteiger partial charge in [-0.1, -0.05) is 37.3 Å². The number of nitrogens with one attached hydrogen (secondary N) is 1. The quantitative estimate of drug-likeness (QED) is 0.845. The van der Waals surface area contributed by atoms with Crippen LogP contribution in [0.25, 0.3) is 0 Å². The summed E-state index contributed by atoms with van der Waals surface area (Å²) in [5.74, 6) is -0.566. The predicted molar refractivity (Wildman–Crippen MR) is 76.7 cm³/mol. The summed E-state index contributed by atoms with van der Waals surface area (Å²) < 4.78 is 1.60. The topological polar surface area (TPSA) is 67.2 Å². The molecule has 1 unspecified atom stereocenters. The number of nitrogens with zero attached hydrogens (tertiary/aromatic N) is 2. The van der Waals surface area contributed by atoms with E-state index in [1.807, 2.05) is 18.2 Å². The molecule has 106 valence electrons. The third-order valence-electron chi connectivity index (χ3n) is 3.40. The highest BCUT2D eigenvalue weighted by molar-refractivity contribution is 5.88. The van der Waals surface area contributed by atoms with Crippen molar-refractivity contribution in [2.24, 2.45) is 7.05 Å². The molecule has 0 saturated carbocycles. The molecule has 1 atom stereocenters. The van der Waals surface area contributed by atoms with Crippen LogP contribution in [0.2, 0.25) is 0 Å². The van der Waals surface area contributed by atoms with Crippen LogP contribution >= 0.6 is 0 Å². The van der Waals surface area contributed by atoms with Crippen molar-refractivity contribution < 1.29 is 9.90 Å². The lowest BCUT2D eigenvalue weighted by atomic mass is 10.0. The zero-order valence-corrected chi connectivity index (χ0v) is 11.7. The molecule has 0 bridgehead atoms. The summed E-state index contributed by atoms with van der Waals surface area (Å²) in [5, 5.41) is 16.4. The molecule has 1 aromatic carbocycles. The van der Waals surface area contributed by atoms with Gasteiger partial charge >= 0.3 is 5.97 Å². The summed E-state index contributed by atoms with van der Waals surface area (Å²) in [4.78, 5) is 11.1. The van der Waals surface area contributed by atoms with Crippen LogP contribution in [-0.2, 0) is 13.6 Å². The van der Waals surface area contributed by atoms with Crippen molar-refractivity contribution in [1.82, 2.24) is 15.1 Å². The van der Waals surface area contributed by atoms with E-state index >= 15 is 0 Å². The Morgan fingerprint density at radius 1 is 1.40 bits per heavy atom. The predicted octanol–water partition coefficient (Wildman–Crippen LogP) is 2.01. The number of aromatic nitrogens is 2. The first-order valence-corrected chi connectivity index (χ1v) is 6.59. The summed E-state index contributed by atoms with van der Waals surface area (Å²) >= 11 is 0. The number of carboxylic acids is 1. The smallest absolute Gasteiger partial charge is 0.339 e. The highest BCUT2D eigenvalue weighted by atomic mass is 16.4. The lowest BCUT2D eigenvalue weighted by molar-refractivity contribution is 0.0695. The largest absolute Gasteiger partial charge is 0.478 e. The Bertz CT molecular complexity index is 578. The van der Waals surface area contributed by atoms with Crippen molar-refractivity contribution >= 4 is 5.97 Å². The Kier molecular flexibility index (Phi) is 4.53. The second kappa shape index (κ2) is 6.34. The van der Waals surface area contributed by atoms with Crippen LogP contribution in [0.5, 0.6) is 0 Å². The Morgan fingerprint density at radius 3 is 2.75 bits per heavy atom. The standard InChI is InChI=1S/C15H19N3O2/c1-11(12-6-4-3-5-7-12)8-16-10-14-13(15(19)20)9-17-18(14)2/h3-7,9,11,16H,8,10H2,1-2H3,(H,19,20). The van der Waals surface area contributed by atoms with E-state index in [0.717, 1.165) is 6.54 Å². The van der Waals surface area contributed by atoms with Crippen molar-refractivity contribution in [1.29, 1.82) is 0 Å². The van der Waals surface area contributed by atoms with E-state index in [0.29, 0.717) is 18.2 Å². The van der Waals surface area contributed by atoms with Gasteiger partial charge in [-0.2, -0.15) is 5.10 Å². The Hall–Kier alpha value is -2.14. The fourth-order valence-electron chi connectivity index (χ4n) is 2.16. The monoisotopic (exact) mass is 273 g/mol. The zero-order valence-electron chi connectivity index (χ0n) is 11.7. The number of carboxylic acid groups (broad SMARTS) is 1. The Morgan fingerprint density at radius 2 is 2.10 bits per heavy atom. The van der Waals surface area contributed by atoms with Gasteiger partial charge in [-0.15, -0.1) is 0 Å². The molecule has 2 rings (SSSR count). The summed E-state index contributed by atoms with van der Waals surface area (Å²) in [6, 6.07) is 10.2. The minimum absolute atomic E-state index is 0.257. The van der Waals surface area contributed by atoms with Gasteiger partial charge in [-0.25, -0.2) is 4.79 Å². The molecule has 1 heterocycles. The first-order valence-electron chi connectivity index (χ1n) is 6.59. The van der Waals surface area contributed by atoms with Crippen LogP contribution in [0.15, 0.2) is 36.5 Å². The molecule has 0 amide bonds. The highest BCUT2D eigenvalue weighted by Gasteiger charge is 2.14. The minimum Gasteiger partial charge on any atom is -0.478 e. The fraction of sp³-hybridized carbons (Fsp3) is 0.333. The van der Waals surface area contributed by atoms with Crippen molar-refractivity contribution in [3.8, 4) is 0 Å². The maximum atomic E-state index is 11.1. The normalized spacial score (nSPS) is 12.3. The van der Waals surface area contributed by atoms with Crippen molar-refractivity contribution in [2.45, 2.75) is 19.4 Å². The molecule has 1 aromatic heterocycles. The summed E-state index contributed by atoms with van der Waals surface area (Å²) in [6.45, 7) is 3.42. The molecule has 2 N–H and O–H groups in total. The van der Waals surface area contributed by atoms with Crippen LogP contribution in [0.3, 0.4) is 0 Å². The highest BCUT2D eigenvalue weighted by Crippen LogP contribution is 2.14. The SMILES string of the molecule is CC(CNCc1c(C(=O)O)cnn1C)c1ccccc1. The second-order valence-electron chi connectivity index (χ2n) is 4.88. The van der Waals surface area contributed by atoms with Gasteiger partial charge in [0.2, 0.25) is 0 Å². The molecule has 0 spiro atoms. The molecule has 0 radical (unpaired) electrons. The van der Waals surface area contributed by atoms with Gasteiger partial charge in [0.15, 0.2) is 0 Å². The third-order valence-corrected chi connectivity index (χ3v) is 3.40. The molecule has 5 nitrogen and oxygen atoms in total. The number of rotatable bonds is 6. The van der Waals surface area contributed by atoms with Gasteiger partial charge in [0.1, 0.15) is 5.56 Å². The molecule has 20 heavy (non-hydrogen) atoms. The number of benzene rings is 1. The second-order valence-corrected chi connectivity index (χ2v) is 4.88. The molecule has 0 fully saturated rings. The van der Waals surface area contributed by atoms with Gasteiger partial charge in [-0.05, 0) is 11.5 Å². The number of hydrogen-bond donors (Lipinski definition) is 2. The van der Waals surface area contributed by atoms with Crippen molar-refractivity contribution in [2.75, 3.05) is 6.54 Å². The summed E-state index contributed by atoms with van der Waals surface area (Å²) in [7, 11) is 1.75. The van der Waals surface area contributed by atoms with E-state index in [-0.39, 0.29) is 5.56 Å². The minimum atomic E-state index is -0.939. The molecule has 5 heteroatoms. The average Bonchev–Trinajstić information content (AvgIpc) is 2.81. The average molecular weight is 273 g/mol. The zero-order chi connectivity index (χ0) is 14.5. The molecule has 0 aliphatic heterocycles. The molecule has 0 aliphatic rings. The van der Waals surface area contributed by atoms with E-state index < -0.39 is 5.97 Å². The number of aryl methyl sites for hydroxylation is 1. The van der Waals surface area contributed by atoms with Gasteiger partial charge in [0, 0.05) is 20.1 Å². The van der Waals surface area contributed by atoms with Crippen LogP contribution in [0, 0.1) is 0 Å². The molecular formula is C15H19N3O2. The van der Waals surface area contributed by atoms with E-state index in [9.17, 15) is 4.79 Å². The van der Waals surface area contributed by atoms with Gasteiger partial charge in [-0.3, -0.25) is 4.68 Å². The van der Waals surface area contributed by atoms with Crippen LogP contribution in [0.1, 0.15) is 34.5 Å². The van der Waals surface area contributed by atoms with Crippen LogP contribution in [0.4, 0.5) is 0 Å². The Balaban J connectivity index is 1.93. The van der Waals surface area contributed by atoms with E-state index in [4.69, 9.17) is 5.11 Å². The van der Waals surface area contributed by atoms with Crippen molar-refractivity contribution in [3.63, 3.8) is 0 Å². The molecule has 0 aliphatic carbocycles. The van der Waals surface area contributed by atoms with E-state index in [2.05, 4.69) is 29.5 Å². The summed E-state index contributed by atoms with van der Waals surface area (Å²) in [5.41, 5.74) is 2.22. The maximum absolute atomic E-state index is 11.1. The lowest BCUT2D eigenvalue weighted by Gasteiger charge is -2.13. The lowest BCUT2D eigenvalue weighted by Crippen LogP contribution is -2.22. The van der Waals surface area contributed by atoms with Gasteiger partial charge in [0.25, 0.3) is 0 Å². The number of aromatic carboxylic acids is 1. The maximum Gasteiger partial charge on any atom is 0.339 e. The van der Waals surface area contributed by atoms with Crippen molar-refractivity contribution in [3.05, 3.63) is 53.3 Å². The van der Waals surface area contributed by atoms with E-state index in [1.165, 1.54) is 11.8 Å². The number of hydrogen-bond acceptors (Lipinski definition) is 3. The molecule has 2 aromatic rings. The van der Waals surface area contributed by atoms with Crippen LogP contribution < -0.4 is 5.32 Å². The van der Waals surface area contributed by atoms with Gasteiger partial charge in [0.05, 0.1) is 11.9 Å². The fourth-order valence-corrected chi connectivity index (χ4v) is 2.16. The van der Waals surface area contributed by atoms with E-state index in [1.54, 1.807) is 11.7 Å². The van der Waals surface area contributed by atoms with Crippen LogP contribution in [-0.4, -0.2) is 27.4 Å².